The van der Waals surface area contributed by atoms with Gasteiger partial charge < -0.3 is 4.74 Å². The number of thiazole rings is 1. The molecule has 0 aliphatic carbocycles. The lowest BCUT2D eigenvalue weighted by molar-refractivity contribution is -0.143. The van der Waals surface area contributed by atoms with Gasteiger partial charge >= 0.3 is 10.8 Å². The number of Topliss-reactive ketones (excluding diaryl/α,β-unsaturated/α-hetero) is 1. The lowest BCUT2D eigenvalue weighted by atomic mass is 9.92. The molecule has 2 aromatic rings. The Balaban J connectivity index is 2.09. The standard InChI is InChI=1S/C18H21NO4S/c1-10-6-11(2)14(5)17(13(10)4)15(20)8-23-16(21)7-19-12(3)9-24-18(19)22/h6,9H,7-8H2,1-5H3. The second-order valence-corrected chi connectivity index (χ2v) is 6.77. The highest BCUT2D eigenvalue weighted by molar-refractivity contribution is 7.07. The lowest BCUT2D eigenvalue weighted by Gasteiger charge is -2.14. The maximum Gasteiger partial charge on any atom is 0.326 e. The van der Waals surface area contributed by atoms with E-state index in [1.54, 1.807) is 12.3 Å². The van der Waals surface area contributed by atoms with E-state index in [0.29, 0.717) is 11.3 Å². The van der Waals surface area contributed by atoms with E-state index >= 15 is 0 Å². The van der Waals surface area contributed by atoms with Gasteiger partial charge in [-0.05, 0) is 56.9 Å². The summed E-state index contributed by atoms with van der Waals surface area (Å²) in [6.07, 6.45) is 0. The third-order valence-electron chi connectivity index (χ3n) is 4.27. The summed E-state index contributed by atoms with van der Waals surface area (Å²) >= 11 is 1.03. The fourth-order valence-electron chi connectivity index (χ4n) is 2.62. The van der Waals surface area contributed by atoms with E-state index in [0.717, 1.165) is 33.6 Å². The van der Waals surface area contributed by atoms with Gasteiger partial charge in [0.25, 0.3) is 0 Å². The van der Waals surface area contributed by atoms with Crippen molar-refractivity contribution in [3.05, 3.63) is 54.6 Å². The van der Waals surface area contributed by atoms with Gasteiger partial charge in [0, 0.05) is 16.6 Å². The average molecular weight is 347 g/mol. The number of esters is 1. The van der Waals surface area contributed by atoms with Gasteiger partial charge in [-0.1, -0.05) is 17.4 Å². The molecule has 5 nitrogen and oxygen atoms in total. The summed E-state index contributed by atoms with van der Waals surface area (Å²) < 4.78 is 6.43. The summed E-state index contributed by atoms with van der Waals surface area (Å²) in [5.41, 5.74) is 5.20. The van der Waals surface area contributed by atoms with Crippen LogP contribution >= 0.6 is 11.3 Å². The van der Waals surface area contributed by atoms with Crippen molar-refractivity contribution in [2.75, 3.05) is 6.61 Å². The number of benzene rings is 1. The predicted molar refractivity (Wildman–Crippen MR) is 94.0 cm³/mol. The molecule has 1 aromatic heterocycles. The molecular formula is C18H21NO4S. The number of carbonyl (C=O) groups excluding carboxylic acids is 2. The summed E-state index contributed by atoms with van der Waals surface area (Å²) in [6.45, 7) is 8.95. The second kappa shape index (κ2) is 7.13. The Morgan fingerprint density at radius 3 is 2.17 bits per heavy atom. The van der Waals surface area contributed by atoms with Crippen molar-refractivity contribution in [3.8, 4) is 0 Å². The number of hydrogen-bond donors (Lipinski definition) is 0. The molecule has 6 heteroatoms. The van der Waals surface area contributed by atoms with Gasteiger partial charge in [-0.2, -0.15) is 0 Å². The van der Waals surface area contributed by atoms with E-state index in [-0.39, 0.29) is 23.8 Å². The van der Waals surface area contributed by atoms with Gasteiger partial charge in [0.2, 0.25) is 5.78 Å². The van der Waals surface area contributed by atoms with E-state index in [1.165, 1.54) is 4.57 Å². The van der Waals surface area contributed by atoms with Crippen molar-refractivity contribution in [1.82, 2.24) is 4.57 Å². The minimum atomic E-state index is -0.591. The van der Waals surface area contributed by atoms with Gasteiger partial charge in [-0.15, -0.1) is 0 Å². The molecule has 0 unspecified atom stereocenters. The van der Waals surface area contributed by atoms with Crippen LogP contribution in [0, 0.1) is 34.6 Å². The number of nitrogens with zero attached hydrogens (tertiary/aromatic N) is 1. The first-order valence-electron chi connectivity index (χ1n) is 7.63. The van der Waals surface area contributed by atoms with E-state index in [4.69, 9.17) is 4.74 Å². The molecule has 2 rings (SSSR count). The first-order valence-corrected chi connectivity index (χ1v) is 8.51. The number of hydrogen-bond acceptors (Lipinski definition) is 5. The fourth-order valence-corrected chi connectivity index (χ4v) is 3.36. The molecule has 0 saturated carbocycles. The van der Waals surface area contributed by atoms with Crippen LogP contribution in [0.15, 0.2) is 16.2 Å². The monoisotopic (exact) mass is 347 g/mol. The molecule has 24 heavy (non-hydrogen) atoms. The first kappa shape index (κ1) is 18.1. The Morgan fingerprint density at radius 1 is 1.08 bits per heavy atom. The van der Waals surface area contributed by atoms with Gasteiger partial charge in [0.15, 0.2) is 6.61 Å². The maximum absolute atomic E-state index is 12.5. The Hall–Kier alpha value is -2.21. The van der Waals surface area contributed by atoms with Gasteiger partial charge in [-0.25, -0.2) is 0 Å². The molecule has 0 bridgehead atoms. The van der Waals surface area contributed by atoms with Crippen LogP contribution in [0.25, 0.3) is 0 Å². The normalized spacial score (nSPS) is 10.7. The zero-order valence-electron chi connectivity index (χ0n) is 14.6. The van der Waals surface area contributed by atoms with Crippen LogP contribution in [0.5, 0.6) is 0 Å². The topological polar surface area (TPSA) is 65.4 Å². The van der Waals surface area contributed by atoms with Crippen LogP contribution in [0.2, 0.25) is 0 Å². The minimum Gasteiger partial charge on any atom is -0.456 e. The highest BCUT2D eigenvalue weighted by atomic mass is 32.1. The molecule has 0 atom stereocenters. The maximum atomic E-state index is 12.5. The molecule has 128 valence electrons. The number of rotatable bonds is 5. The Morgan fingerprint density at radius 2 is 1.67 bits per heavy atom. The van der Waals surface area contributed by atoms with Crippen LogP contribution in [0.3, 0.4) is 0 Å². The molecule has 0 fully saturated rings. The van der Waals surface area contributed by atoms with Crippen LogP contribution in [-0.4, -0.2) is 22.9 Å². The van der Waals surface area contributed by atoms with Crippen LogP contribution in [-0.2, 0) is 16.1 Å². The molecule has 0 amide bonds. The van der Waals surface area contributed by atoms with Crippen molar-refractivity contribution in [1.29, 1.82) is 0 Å². The van der Waals surface area contributed by atoms with E-state index < -0.39 is 5.97 Å². The summed E-state index contributed by atoms with van der Waals surface area (Å²) in [5, 5.41) is 1.68. The molecule has 1 aromatic carbocycles. The highest BCUT2D eigenvalue weighted by Gasteiger charge is 2.18. The summed E-state index contributed by atoms with van der Waals surface area (Å²) in [7, 11) is 0. The molecule has 0 spiro atoms. The minimum absolute atomic E-state index is 0.174. The second-order valence-electron chi connectivity index (χ2n) is 5.95. The van der Waals surface area contributed by atoms with E-state index in [9.17, 15) is 14.4 Å². The third kappa shape index (κ3) is 3.64. The number of ether oxygens (including phenoxy) is 1. The molecular weight excluding hydrogens is 326 g/mol. The van der Waals surface area contributed by atoms with Gasteiger partial charge in [0.1, 0.15) is 6.54 Å². The van der Waals surface area contributed by atoms with Crippen LogP contribution < -0.4 is 4.87 Å². The van der Waals surface area contributed by atoms with Crippen molar-refractivity contribution in [2.24, 2.45) is 0 Å². The summed E-state index contributed by atoms with van der Waals surface area (Å²) in [6, 6.07) is 2.04. The fraction of sp³-hybridized carbons (Fsp3) is 0.389. The smallest absolute Gasteiger partial charge is 0.326 e. The third-order valence-corrected chi connectivity index (χ3v) is 5.15. The van der Waals surface area contributed by atoms with Crippen LogP contribution in [0.4, 0.5) is 0 Å². The highest BCUT2D eigenvalue weighted by Crippen LogP contribution is 2.22. The van der Waals surface area contributed by atoms with Crippen molar-refractivity contribution in [2.45, 2.75) is 41.2 Å². The number of aromatic nitrogens is 1. The molecule has 0 N–H and O–H groups in total. The Bertz CT molecular complexity index is 834. The quantitative estimate of drug-likeness (QED) is 0.616. The number of aryl methyl sites for hydroxylation is 3. The van der Waals surface area contributed by atoms with Gasteiger partial charge in [0.05, 0.1) is 0 Å². The first-order chi connectivity index (χ1) is 11.2. The van der Waals surface area contributed by atoms with Crippen molar-refractivity contribution >= 4 is 23.1 Å². The van der Waals surface area contributed by atoms with E-state index in [2.05, 4.69) is 0 Å². The number of carbonyl (C=O) groups is 2. The predicted octanol–water partition coefficient (Wildman–Crippen LogP) is 2.88. The Kier molecular flexibility index (Phi) is 5.39. The Labute approximate surface area is 144 Å². The number of ketones is 1. The van der Waals surface area contributed by atoms with Gasteiger partial charge in [-0.3, -0.25) is 19.0 Å². The molecule has 0 aliphatic heterocycles. The SMILES string of the molecule is Cc1cc(C)c(C)c(C(=O)COC(=O)Cn2c(C)csc2=O)c1C. The largest absolute Gasteiger partial charge is 0.456 e. The molecule has 0 aliphatic rings. The lowest BCUT2D eigenvalue weighted by Crippen LogP contribution is -2.24. The van der Waals surface area contributed by atoms with E-state index in [1.807, 2.05) is 33.8 Å². The molecule has 1 heterocycles. The average Bonchev–Trinajstić information content (AvgIpc) is 2.83. The zero-order chi connectivity index (χ0) is 18.0. The summed E-state index contributed by atoms with van der Waals surface area (Å²) in [5.74, 6) is -0.814. The molecule has 0 radical (unpaired) electrons. The van der Waals surface area contributed by atoms with Crippen LogP contribution in [0.1, 0.15) is 38.3 Å². The molecule has 0 saturated heterocycles. The summed E-state index contributed by atoms with van der Waals surface area (Å²) in [4.78, 5) is 35.8. The van der Waals surface area contributed by atoms with Crippen molar-refractivity contribution < 1.29 is 14.3 Å². The zero-order valence-corrected chi connectivity index (χ0v) is 15.4. The van der Waals surface area contributed by atoms with Crippen molar-refractivity contribution in [3.63, 3.8) is 0 Å².